The van der Waals surface area contributed by atoms with E-state index in [2.05, 4.69) is 15.5 Å². The molecule has 2 amide bonds. The van der Waals surface area contributed by atoms with Crippen molar-refractivity contribution in [1.82, 2.24) is 20.1 Å². The number of rotatable bonds is 9. The van der Waals surface area contributed by atoms with Crippen molar-refractivity contribution in [2.45, 2.75) is 45.1 Å². The molecule has 7 heteroatoms. The maximum atomic E-state index is 12.4. The van der Waals surface area contributed by atoms with E-state index in [1.807, 2.05) is 18.2 Å². The number of nitrogens with one attached hydrogen (secondary N) is 2. The standard InChI is InChI=1S/C23H32N4O3/c28-21(24-12-7-16-26-14-5-1-2-6-15-26)10-13-25-22(29)18-27-17-11-19-8-3-4-9-20(19)23(27)30/h3-4,8-9,11,17H,1-2,5-7,10,12-16,18H2,(H,24,28)(H,25,29). The van der Waals surface area contributed by atoms with E-state index in [1.54, 1.807) is 18.3 Å². The molecular weight excluding hydrogens is 380 g/mol. The average Bonchev–Trinajstić information content (AvgIpc) is 3.02. The van der Waals surface area contributed by atoms with Crippen molar-refractivity contribution < 1.29 is 9.59 Å². The van der Waals surface area contributed by atoms with Crippen LogP contribution in [0.5, 0.6) is 0 Å². The van der Waals surface area contributed by atoms with Gasteiger partial charge in [-0.3, -0.25) is 14.4 Å². The van der Waals surface area contributed by atoms with Gasteiger partial charge in [-0.1, -0.05) is 31.0 Å². The summed E-state index contributed by atoms with van der Waals surface area (Å²) in [5, 5.41) is 7.08. The fourth-order valence-corrected chi connectivity index (χ4v) is 3.86. The van der Waals surface area contributed by atoms with Gasteiger partial charge < -0.3 is 20.1 Å². The average molecular weight is 413 g/mol. The molecule has 1 aromatic carbocycles. The van der Waals surface area contributed by atoms with Gasteiger partial charge in [0.2, 0.25) is 11.8 Å². The van der Waals surface area contributed by atoms with Gasteiger partial charge in [-0.2, -0.15) is 0 Å². The summed E-state index contributed by atoms with van der Waals surface area (Å²) in [6, 6.07) is 9.12. The van der Waals surface area contributed by atoms with Crippen LogP contribution >= 0.6 is 0 Å². The molecule has 1 saturated heterocycles. The number of carbonyl (C=O) groups is 2. The van der Waals surface area contributed by atoms with Gasteiger partial charge in [0.1, 0.15) is 6.54 Å². The number of amides is 2. The van der Waals surface area contributed by atoms with E-state index in [-0.39, 0.29) is 36.9 Å². The Morgan fingerprint density at radius 2 is 1.63 bits per heavy atom. The van der Waals surface area contributed by atoms with Crippen molar-refractivity contribution in [2.75, 3.05) is 32.7 Å². The molecule has 0 unspecified atom stereocenters. The number of pyridine rings is 1. The van der Waals surface area contributed by atoms with Gasteiger partial charge in [-0.15, -0.1) is 0 Å². The van der Waals surface area contributed by atoms with Gasteiger partial charge >= 0.3 is 0 Å². The predicted octanol–water partition coefficient (Wildman–Crippen LogP) is 1.89. The van der Waals surface area contributed by atoms with E-state index in [1.165, 1.54) is 43.3 Å². The van der Waals surface area contributed by atoms with Crippen LogP contribution in [-0.2, 0) is 16.1 Å². The highest BCUT2D eigenvalue weighted by Gasteiger charge is 2.10. The highest BCUT2D eigenvalue weighted by atomic mass is 16.2. The molecule has 0 spiro atoms. The van der Waals surface area contributed by atoms with E-state index in [9.17, 15) is 14.4 Å². The highest BCUT2D eigenvalue weighted by Crippen LogP contribution is 2.09. The summed E-state index contributed by atoms with van der Waals surface area (Å²) in [6.45, 7) is 4.23. The fourth-order valence-electron chi connectivity index (χ4n) is 3.86. The molecule has 7 nitrogen and oxygen atoms in total. The smallest absolute Gasteiger partial charge is 0.258 e. The van der Waals surface area contributed by atoms with Gasteiger partial charge in [0.05, 0.1) is 0 Å². The van der Waals surface area contributed by atoms with Crippen LogP contribution in [0.2, 0.25) is 0 Å². The second-order valence-corrected chi connectivity index (χ2v) is 7.90. The lowest BCUT2D eigenvalue weighted by Gasteiger charge is -2.19. The van der Waals surface area contributed by atoms with Crippen LogP contribution in [0, 0.1) is 0 Å². The van der Waals surface area contributed by atoms with Crippen molar-refractivity contribution in [3.8, 4) is 0 Å². The monoisotopic (exact) mass is 412 g/mol. The van der Waals surface area contributed by atoms with Crippen LogP contribution in [0.15, 0.2) is 41.3 Å². The van der Waals surface area contributed by atoms with E-state index in [0.717, 1.165) is 18.4 Å². The molecule has 0 radical (unpaired) electrons. The van der Waals surface area contributed by atoms with Gasteiger partial charge in [-0.25, -0.2) is 0 Å². The van der Waals surface area contributed by atoms with Crippen LogP contribution in [0.1, 0.15) is 38.5 Å². The molecule has 0 atom stereocenters. The summed E-state index contributed by atoms with van der Waals surface area (Å²) in [7, 11) is 0. The third-order valence-corrected chi connectivity index (χ3v) is 5.55. The molecule has 1 fully saturated rings. The minimum Gasteiger partial charge on any atom is -0.356 e. The molecule has 3 rings (SSSR count). The van der Waals surface area contributed by atoms with Crippen molar-refractivity contribution in [3.05, 3.63) is 46.9 Å². The van der Waals surface area contributed by atoms with E-state index < -0.39 is 0 Å². The Morgan fingerprint density at radius 3 is 2.43 bits per heavy atom. The first-order valence-corrected chi connectivity index (χ1v) is 11.0. The molecule has 0 bridgehead atoms. The molecule has 2 N–H and O–H groups in total. The van der Waals surface area contributed by atoms with E-state index in [0.29, 0.717) is 11.9 Å². The van der Waals surface area contributed by atoms with Crippen LogP contribution in [-0.4, -0.2) is 54.0 Å². The number of hydrogen-bond donors (Lipinski definition) is 2. The number of benzene rings is 1. The number of aromatic nitrogens is 1. The first kappa shape index (κ1) is 22.0. The lowest BCUT2D eigenvalue weighted by molar-refractivity contribution is -0.122. The number of carbonyl (C=O) groups excluding carboxylic acids is 2. The van der Waals surface area contributed by atoms with Crippen molar-refractivity contribution in [3.63, 3.8) is 0 Å². The summed E-state index contributed by atoms with van der Waals surface area (Å²) in [4.78, 5) is 39.0. The van der Waals surface area contributed by atoms with Crippen molar-refractivity contribution in [2.24, 2.45) is 0 Å². The number of hydrogen-bond acceptors (Lipinski definition) is 4. The molecule has 1 aromatic heterocycles. The maximum absolute atomic E-state index is 12.4. The summed E-state index contributed by atoms with van der Waals surface area (Å²) in [5.74, 6) is -0.338. The molecule has 2 aromatic rings. The summed E-state index contributed by atoms with van der Waals surface area (Å²) in [6.07, 6.45) is 8.02. The molecule has 1 aliphatic rings. The Bertz CT molecular complexity index is 901. The van der Waals surface area contributed by atoms with Gasteiger partial charge in [0, 0.05) is 31.1 Å². The Labute approximate surface area is 177 Å². The Morgan fingerprint density at radius 1 is 0.900 bits per heavy atom. The summed E-state index contributed by atoms with van der Waals surface area (Å²) in [5.41, 5.74) is -0.189. The third-order valence-electron chi connectivity index (χ3n) is 5.55. The first-order chi connectivity index (χ1) is 14.6. The third kappa shape index (κ3) is 6.69. The topological polar surface area (TPSA) is 83.4 Å². The highest BCUT2D eigenvalue weighted by molar-refractivity contribution is 5.82. The second-order valence-electron chi connectivity index (χ2n) is 7.90. The lowest BCUT2D eigenvalue weighted by Crippen LogP contribution is -2.35. The van der Waals surface area contributed by atoms with Crippen LogP contribution in [0.3, 0.4) is 0 Å². The van der Waals surface area contributed by atoms with Crippen molar-refractivity contribution >= 4 is 22.6 Å². The van der Waals surface area contributed by atoms with E-state index >= 15 is 0 Å². The van der Waals surface area contributed by atoms with Crippen LogP contribution in [0.4, 0.5) is 0 Å². The molecule has 162 valence electrons. The lowest BCUT2D eigenvalue weighted by atomic mass is 10.2. The zero-order valence-corrected chi connectivity index (χ0v) is 17.6. The largest absolute Gasteiger partial charge is 0.356 e. The molecule has 0 saturated carbocycles. The summed E-state index contributed by atoms with van der Waals surface area (Å²) >= 11 is 0. The second kappa shape index (κ2) is 11.5. The Hall–Kier alpha value is -2.67. The molecule has 0 aliphatic carbocycles. The maximum Gasteiger partial charge on any atom is 0.258 e. The number of likely N-dealkylation sites (tertiary alicyclic amines) is 1. The molecule has 2 heterocycles. The van der Waals surface area contributed by atoms with Gasteiger partial charge in [0.25, 0.3) is 5.56 Å². The zero-order chi connectivity index (χ0) is 21.2. The predicted molar refractivity (Wildman–Crippen MR) is 118 cm³/mol. The fraction of sp³-hybridized carbons (Fsp3) is 0.522. The Kier molecular flexibility index (Phi) is 8.44. The number of nitrogens with zero attached hydrogens (tertiary/aromatic N) is 2. The SMILES string of the molecule is O=C(CCNC(=O)Cn1ccc2ccccc2c1=O)NCCCN1CCCCCC1. The summed E-state index contributed by atoms with van der Waals surface area (Å²) < 4.78 is 1.39. The minimum absolute atomic E-state index is 0.0544. The zero-order valence-electron chi connectivity index (χ0n) is 17.6. The Balaban J connectivity index is 1.32. The number of fused-ring (bicyclic) bond motifs is 1. The minimum atomic E-state index is -0.277. The van der Waals surface area contributed by atoms with Crippen LogP contribution in [0.25, 0.3) is 10.8 Å². The molecule has 30 heavy (non-hydrogen) atoms. The molecule has 1 aliphatic heterocycles. The molecular formula is C23H32N4O3. The van der Waals surface area contributed by atoms with E-state index in [4.69, 9.17) is 0 Å². The normalized spacial score (nSPS) is 14.9. The van der Waals surface area contributed by atoms with Gasteiger partial charge in [0.15, 0.2) is 0 Å². The quantitative estimate of drug-likeness (QED) is 0.616. The van der Waals surface area contributed by atoms with Gasteiger partial charge in [-0.05, 0) is 56.4 Å². The van der Waals surface area contributed by atoms with Crippen molar-refractivity contribution in [1.29, 1.82) is 0 Å². The first-order valence-electron chi connectivity index (χ1n) is 11.0. The van der Waals surface area contributed by atoms with Crippen LogP contribution < -0.4 is 16.2 Å².